The van der Waals surface area contributed by atoms with Crippen LogP contribution in [-0.4, -0.2) is 46.8 Å². The van der Waals surface area contributed by atoms with Crippen LogP contribution in [-0.2, 0) is 11.3 Å². The average Bonchev–Trinajstić information content (AvgIpc) is 2.77. The van der Waals surface area contributed by atoms with Gasteiger partial charge in [0.15, 0.2) is 0 Å². The van der Waals surface area contributed by atoms with Gasteiger partial charge in [0.05, 0.1) is 6.54 Å². The predicted octanol–water partition coefficient (Wildman–Crippen LogP) is 1.51. The van der Waals surface area contributed by atoms with Crippen LogP contribution in [0, 0.1) is 0 Å². The van der Waals surface area contributed by atoms with Crippen LogP contribution >= 0.6 is 11.6 Å². The lowest BCUT2D eigenvalue weighted by Gasteiger charge is -2.23. The Bertz CT molecular complexity index is 456. The Morgan fingerprint density at radius 3 is 2.84 bits per heavy atom. The molecule has 0 bridgehead atoms. The van der Waals surface area contributed by atoms with Gasteiger partial charge in [-0.3, -0.25) is 0 Å². The highest BCUT2D eigenvalue weighted by Gasteiger charge is 2.23. The van der Waals surface area contributed by atoms with Crippen LogP contribution in [0.25, 0.3) is 0 Å². The van der Waals surface area contributed by atoms with Crippen molar-refractivity contribution in [3.8, 4) is 0 Å². The first-order valence-electron chi connectivity index (χ1n) is 5.54. The monoisotopic (exact) mass is 291 g/mol. The SMILES string of the molecule is OC1N=C(N(Cc2ccc(Cl)nc2)CC(F)F)CO1. The van der Waals surface area contributed by atoms with Gasteiger partial charge in [-0.05, 0) is 11.6 Å². The molecular formula is C11H12ClF2N3O2. The molecule has 0 radical (unpaired) electrons. The topological polar surface area (TPSA) is 58.0 Å². The van der Waals surface area contributed by atoms with Gasteiger partial charge in [0.2, 0.25) is 0 Å². The van der Waals surface area contributed by atoms with Crippen molar-refractivity contribution in [1.29, 1.82) is 0 Å². The summed E-state index contributed by atoms with van der Waals surface area (Å²) in [6, 6.07) is 3.28. The average molecular weight is 292 g/mol. The quantitative estimate of drug-likeness (QED) is 0.854. The van der Waals surface area contributed by atoms with Crippen molar-refractivity contribution in [2.75, 3.05) is 13.2 Å². The maximum Gasteiger partial charge on any atom is 0.257 e. The van der Waals surface area contributed by atoms with Crippen molar-refractivity contribution in [1.82, 2.24) is 9.88 Å². The minimum atomic E-state index is -2.51. The number of pyridine rings is 1. The fraction of sp³-hybridized carbons (Fsp3) is 0.455. The molecule has 0 saturated carbocycles. The van der Waals surface area contributed by atoms with Crippen molar-refractivity contribution < 1.29 is 18.6 Å². The molecule has 0 fully saturated rings. The molecule has 5 nitrogen and oxygen atoms in total. The lowest BCUT2D eigenvalue weighted by Crippen LogP contribution is -2.35. The molecule has 0 aliphatic carbocycles. The van der Waals surface area contributed by atoms with E-state index in [1.165, 1.54) is 11.1 Å². The molecule has 1 aromatic rings. The number of nitrogens with zero attached hydrogens (tertiary/aromatic N) is 3. The zero-order valence-corrected chi connectivity index (χ0v) is 10.6. The molecular weight excluding hydrogens is 280 g/mol. The standard InChI is InChI=1S/C11H12ClF2N3O2/c12-8-2-1-7(3-15-8)4-17(5-9(13)14)10-6-19-11(18)16-10/h1-3,9,11,18H,4-6H2. The van der Waals surface area contributed by atoms with Gasteiger partial charge >= 0.3 is 0 Å². The minimum Gasteiger partial charge on any atom is -0.350 e. The number of halogens is 3. The minimum absolute atomic E-state index is 0.00883. The Morgan fingerprint density at radius 2 is 2.32 bits per heavy atom. The second-order valence-corrected chi connectivity index (χ2v) is 4.33. The molecule has 2 heterocycles. The van der Waals surface area contributed by atoms with E-state index in [0.717, 1.165) is 0 Å². The van der Waals surface area contributed by atoms with E-state index in [-0.39, 0.29) is 13.2 Å². The van der Waals surface area contributed by atoms with Gasteiger partial charge in [0.1, 0.15) is 17.6 Å². The second-order valence-electron chi connectivity index (χ2n) is 3.94. The molecule has 0 aromatic carbocycles. The van der Waals surface area contributed by atoms with Crippen LogP contribution in [0.2, 0.25) is 5.15 Å². The summed E-state index contributed by atoms with van der Waals surface area (Å²) in [5.41, 5.74) is 0.717. The van der Waals surface area contributed by atoms with E-state index in [2.05, 4.69) is 9.98 Å². The van der Waals surface area contributed by atoms with Gasteiger partial charge in [-0.25, -0.2) is 18.8 Å². The summed E-state index contributed by atoms with van der Waals surface area (Å²) >= 11 is 5.66. The Balaban J connectivity index is 2.09. The normalized spacial score (nSPS) is 18.8. The number of alkyl halides is 2. The predicted molar refractivity (Wildman–Crippen MR) is 65.1 cm³/mol. The summed E-state index contributed by atoms with van der Waals surface area (Å²) < 4.78 is 29.9. The number of amidine groups is 1. The lowest BCUT2D eigenvalue weighted by molar-refractivity contribution is -0.0630. The Hall–Kier alpha value is -1.31. The zero-order chi connectivity index (χ0) is 13.8. The van der Waals surface area contributed by atoms with Crippen LogP contribution in [0.4, 0.5) is 8.78 Å². The van der Waals surface area contributed by atoms with Gasteiger partial charge in [-0.15, -0.1) is 0 Å². The highest BCUT2D eigenvalue weighted by molar-refractivity contribution is 6.29. The van der Waals surface area contributed by atoms with E-state index < -0.39 is 19.4 Å². The first-order chi connectivity index (χ1) is 9.04. The van der Waals surface area contributed by atoms with E-state index in [4.69, 9.17) is 21.4 Å². The second kappa shape index (κ2) is 6.23. The Kier molecular flexibility index (Phi) is 4.62. The number of aliphatic imine (C=N–C) groups is 1. The summed E-state index contributed by atoms with van der Waals surface area (Å²) in [6.07, 6.45) is -2.28. The number of aliphatic hydroxyl groups excluding tert-OH is 1. The molecule has 1 atom stereocenters. The number of ether oxygens (including phenoxy) is 1. The molecule has 104 valence electrons. The molecule has 8 heteroatoms. The van der Waals surface area contributed by atoms with Gasteiger partial charge < -0.3 is 14.7 Å². The highest BCUT2D eigenvalue weighted by Crippen LogP contribution is 2.13. The molecule has 2 rings (SSSR count). The van der Waals surface area contributed by atoms with Crippen LogP contribution in [0.3, 0.4) is 0 Å². The highest BCUT2D eigenvalue weighted by atomic mass is 35.5. The van der Waals surface area contributed by atoms with Crippen LogP contribution < -0.4 is 0 Å². The van der Waals surface area contributed by atoms with Gasteiger partial charge in [0.25, 0.3) is 12.8 Å². The molecule has 1 unspecified atom stereocenters. The maximum atomic E-state index is 12.6. The fourth-order valence-corrected chi connectivity index (χ4v) is 1.78. The van der Waals surface area contributed by atoms with E-state index in [0.29, 0.717) is 16.6 Å². The first-order valence-corrected chi connectivity index (χ1v) is 5.92. The van der Waals surface area contributed by atoms with E-state index in [9.17, 15) is 8.78 Å². The molecule has 19 heavy (non-hydrogen) atoms. The first kappa shape index (κ1) is 14.1. The molecule has 1 aromatic heterocycles. The zero-order valence-electron chi connectivity index (χ0n) is 9.84. The van der Waals surface area contributed by atoms with Crippen molar-refractivity contribution in [3.05, 3.63) is 29.0 Å². The fourth-order valence-electron chi connectivity index (χ4n) is 1.67. The summed E-state index contributed by atoms with van der Waals surface area (Å²) in [5, 5.41) is 9.47. The largest absolute Gasteiger partial charge is 0.350 e. The molecule has 1 aliphatic rings. The maximum absolute atomic E-state index is 12.6. The van der Waals surface area contributed by atoms with E-state index in [1.807, 2.05) is 0 Å². The van der Waals surface area contributed by atoms with Crippen molar-refractivity contribution >= 4 is 17.4 Å². The smallest absolute Gasteiger partial charge is 0.257 e. The number of hydrogen-bond acceptors (Lipinski definition) is 5. The third-order valence-corrected chi connectivity index (χ3v) is 2.73. The van der Waals surface area contributed by atoms with Crippen molar-refractivity contribution in [3.63, 3.8) is 0 Å². The number of hydrogen-bond donors (Lipinski definition) is 1. The molecule has 0 spiro atoms. The van der Waals surface area contributed by atoms with Crippen LogP contribution in [0.15, 0.2) is 23.3 Å². The summed E-state index contributed by atoms with van der Waals surface area (Å²) in [5.74, 6) is 0.294. The van der Waals surface area contributed by atoms with Gasteiger partial charge in [-0.2, -0.15) is 0 Å². The Labute approximate surface area is 113 Å². The third-order valence-electron chi connectivity index (χ3n) is 2.51. The Morgan fingerprint density at radius 1 is 1.53 bits per heavy atom. The van der Waals surface area contributed by atoms with Crippen LogP contribution in [0.5, 0.6) is 0 Å². The number of aliphatic hydroxyl groups is 1. The van der Waals surface area contributed by atoms with Gasteiger partial charge in [-0.1, -0.05) is 17.7 Å². The molecule has 0 saturated heterocycles. The molecule has 1 N–H and O–H groups in total. The summed E-state index contributed by atoms with van der Waals surface area (Å²) in [7, 11) is 0. The number of aromatic nitrogens is 1. The molecule has 1 aliphatic heterocycles. The van der Waals surface area contributed by atoms with Crippen molar-refractivity contribution in [2.24, 2.45) is 4.99 Å². The third kappa shape index (κ3) is 4.09. The van der Waals surface area contributed by atoms with E-state index in [1.54, 1.807) is 12.1 Å². The van der Waals surface area contributed by atoms with Gasteiger partial charge in [0, 0.05) is 12.7 Å². The summed E-state index contributed by atoms with van der Waals surface area (Å²) in [4.78, 5) is 8.99. The van der Waals surface area contributed by atoms with Crippen LogP contribution in [0.1, 0.15) is 5.56 Å². The number of rotatable bonds is 4. The summed E-state index contributed by atoms with van der Waals surface area (Å²) in [6.45, 7) is -0.282. The van der Waals surface area contributed by atoms with E-state index >= 15 is 0 Å². The molecule has 0 amide bonds. The van der Waals surface area contributed by atoms with Crippen molar-refractivity contribution in [2.45, 2.75) is 19.4 Å². The lowest BCUT2D eigenvalue weighted by atomic mass is 10.2.